The van der Waals surface area contributed by atoms with Crippen LogP contribution in [-0.4, -0.2) is 169 Å². The van der Waals surface area contributed by atoms with Gasteiger partial charge in [-0.1, -0.05) is 106 Å². The minimum absolute atomic E-state index is 0. The van der Waals surface area contributed by atoms with Gasteiger partial charge in [-0.2, -0.15) is 4.98 Å². The molecule has 2 aromatic heterocycles. The van der Waals surface area contributed by atoms with E-state index in [0.29, 0.717) is 73.2 Å². The number of imidazole rings is 2. The molecular weight excluding hydrogens is 1480 g/mol. The Bertz CT molecular complexity index is 4790. The second kappa shape index (κ2) is 33.8. The minimum atomic E-state index is -3.94. The summed E-state index contributed by atoms with van der Waals surface area (Å²) in [7, 11) is -6.44. The van der Waals surface area contributed by atoms with Gasteiger partial charge in [-0.3, -0.25) is 42.8 Å². The van der Waals surface area contributed by atoms with Gasteiger partial charge in [0.05, 0.1) is 74.3 Å². The molecular formula is C82H105ClN10O16S2. The van der Waals surface area contributed by atoms with E-state index in [-0.39, 0.29) is 111 Å². The van der Waals surface area contributed by atoms with Crippen molar-refractivity contribution in [1.29, 1.82) is 0 Å². The predicted octanol–water partition coefficient (Wildman–Crippen LogP) is 12.2. The smallest absolute Gasteiger partial charge is 0.340 e. The van der Waals surface area contributed by atoms with Crippen molar-refractivity contribution in [3.05, 3.63) is 138 Å². The molecule has 6 N–H and O–H groups in total. The van der Waals surface area contributed by atoms with Crippen molar-refractivity contribution in [2.24, 2.45) is 22.7 Å². The number of amides is 4. The van der Waals surface area contributed by atoms with Crippen molar-refractivity contribution in [1.82, 2.24) is 38.3 Å². The Kier molecular flexibility index (Phi) is 25.2. The molecule has 598 valence electrons. The van der Waals surface area contributed by atoms with Crippen LogP contribution >= 0.6 is 11.6 Å². The number of carbonyl (C=O) groups is 8. The number of methoxy groups -OCH3 is 1. The lowest BCUT2D eigenvalue weighted by molar-refractivity contribution is -0.140. The van der Waals surface area contributed by atoms with E-state index in [1.807, 2.05) is 128 Å². The molecule has 0 bridgehead atoms. The lowest BCUT2D eigenvalue weighted by Gasteiger charge is -2.30. The number of aliphatic hydroxyl groups is 1. The topological polar surface area (TPSA) is 354 Å². The van der Waals surface area contributed by atoms with E-state index in [2.05, 4.69) is 30.0 Å². The van der Waals surface area contributed by atoms with E-state index in [4.69, 9.17) is 21.1 Å². The van der Waals surface area contributed by atoms with E-state index in [9.17, 15) is 65.4 Å². The van der Waals surface area contributed by atoms with Crippen LogP contribution in [0.4, 0.5) is 11.4 Å². The van der Waals surface area contributed by atoms with Crippen LogP contribution in [0.3, 0.4) is 0 Å². The Labute approximate surface area is 654 Å². The fourth-order valence-electron chi connectivity index (χ4n) is 15.8. The Morgan fingerprint density at radius 2 is 1.04 bits per heavy atom. The molecule has 29 heteroatoms. The summed E-state index contributed by atoms with van der Waals surface area (Å²) in [5, 5.41) is 27.5. The highest BCUT2D eigenvalue weighted by molar-refractivity contribution is 7.92. The van der Waals surface area contributed by atoms with Crippen molar-refractivity contribution in [3.8, 4) is 6.01 Å². The molecule has 8 aliphatic rings. The molecule has 2 saturated heterocycles. The Morgan fingerprint density at radius 3 is 1.50 bits per heavy atom. The summed E-state index contributed by atoms with van der Waals surface area (Å²) in [6.07, 6.45) is 16.8. The molecule has 6 heterocycles. The van der Waals surface area contributed by atoms with Crippen molar-refractivity contribution in [3.63, 3.8) is 0 Å². The summed E-state index contributed by atoms with van der Waals surface area (Å²) in [6.45, 7) is 11.2. The number of rotatable bonds is 16. The fourth-order valence-corrected chi connectivity index (χ4v) is 18.9. The van der Waals surface area contributed by atoms with Gasteiger partial charge in [0.1, 0.15) is 29.2 Å². The summed E-state index contributed by atoms with van der Waals surface area (Å²) in [5.41, 5.74) is 1.92. The number of carbonyl (C=O) groups excluding carboxylic acids is 7. The number of esters is 1. The summed E-state index contributed by atoms with van der Waals surface area (Å²) < 4.78 is 69.7. The maximum absolute atomic E-state index is 14.7. The number of aromatic carboxylic acids is 1. The molecule has 4 aliphatic heterocycles. The SMILES string of the molecule is C.CC(C)n1c(O[C@@H]2C[C@H]3C(=O)C[C@]4(C(=O)NS(=O)(=O)C5(C)CC5)C[C@H]4/C=C\CCCCC[C@H](Nc4ccccc4)C(=O)N3C2)nc2c(C(=O)O)cccc21.CC1(S(=O)(=O)NC(=O)[C@]23CC(=O)[C@@H]4C[C@@H](O)CN4C(=O)[C@@H](Nc4ccccc4)CCCCC/C=C\[C@@H]2C3)CC1.COC(=O)c1cccc2c1nc(Cl)n2C(C)C. The molecule has 4 amide bonds. The predicted molar refractivity (Wildman–Crippen MR) is 423 cm³/mol. The van der Waals surface area contributed by atoms with Gasteiger partial charge in [0.25, 0.3) is 6.01 Å². The molecule has 6 fully saturated rings. The number of ketones is 2. The molecule has 6 aromatic rings. The van der Waals surface area contributed by atoms with Gasteiger partial charge < -0.3 is 44.7 Å². The molecule has 0 unspecified atom stereocenters. The number of carboxylic acid groups (broad SMARTS) is 1. The number of para-hydroxylation sites is 4. The third-order valence-corrected chi connectivity index (χ3v) is 27.8. The van der Waals surface area contributed by atoms with Crippen LogP contribution in [0.15, 0.2) is 121 Å². The minimum Gasteiger partial charge on any atom is -0.478 e. The summed E-state index contributed by atoms with van der Waals surface area (Å²) in [6, 6.07) is 26.4. The number of hydrogen-bond donors (Lipinski definition) is 6. The molecule has 26 nitrogen and oxygen atoms in total. The van der Waals surface area contributed by atoms with Gasteiger partial charge in [-0.15, -0.1) is 0 Å². The number of benzene rings is 4. The van der Waals surface area contributed by atoms with E-state index in [1.54, 1.807) is 43.0 Å². The molecule has 4 aliphatic carbocycles. The van der Waals surface area contributed by atoms with Crippen molar-refractivity contribution >= 4 is 112 Å². The average molecular weight is 1590 g/mol. The highest BCUT2D eigenvalue weighted by Gasteiger charge is 2.64. The number of carboxylic acids is 1. The van der Waals surface area contributed by atoms with Gasteiger partial charge >= 0.3 is 11.9 Å². The Balaban J connectivity index is 0.000000186. The molecule has 111 heavy (non-hydrogen) atoms. The number of sulfonamides is 2. The number of hydrogen-bond acceptors (Lipinski definition) is 19. The van der Waals surface area contributed by atoms with Gasteiger partial charge in [0.2, 0.25) is 49.0 Å². The third kappa shape index (κ3) is 17.9. The van der Waals surface area contributed by atoms with Crippen molar-refractivity contribution < 1.29 is 74.9 Å². The first-order valence-corrected chi connectivity index (χ1v) is 41.8. The number of allylic oxidation sites excluding steroid dienone is 4. The van der Waals surface area contributed by atoms with E-state index >= 15 is 0 Å². The maximum Gasteiger partial charge on any atom is 0.340 e. The molecule has 0 spiro atoms. The lowest BCUT2D eigenvalue weighted by Crippen LogP contribution is -2.49. The monoisotopic (exact) mass is 1580 g/mol. The molecule has 4 saturated carbocycles. The van der Waals surface area contributed by atoms with Crippen LogP contribution in [-0.2, 0) is 53.6 Å². The Morgan fingerprint density at radius 1 is 0.586 bits per heavy atom. The van der Waals surface area contributed by atoms with Crippen LogP contribution in [0, 0.1) is 22.7 Å². The lowest BCUT2D eigenvalue weighted by atomic mass is 9.91. The number of fused-ring (bicyclic) bond motifs is 6. The number of anilines is 2. The number of aliphatic hydroxyl groups excluding tert-OH is 1. The first kappa shape index (κ1) is 83.0. The zero-order chi connectivity index (χ0) is 78.8. The highest BCUT2D eigenvalue weighted by atomic mass is 35.5. The number of ether oxygens (including phenoxy) is 2. The zero-order valence-electron chi connectivity index (χ0n) is 63.4. The summed E-state index contributed by atoms with van der Waals surface area (Å²) in [5.74, 6) is -4.54. The number of Topliss-reactive ketones (excluding diaryl/α,β-unsaturated/α-hetero) is 2. The second-order valence-electron chi connectivity index (χ2n) is 32.0. The average Bonchev–Trinajstić information content (AvgIpc) is 1.57. The van der Waals surface area contributed by atoms with Crippen LogP contribution in [0.1, 0.15) is 210 Å². The number of halogens is 1. The first-order valence-electron chi connectivity index (χ1n) is 38.4. The number of nitrogens with one attached hydrogen (secondary N) is 4. The molecule has 14 rings (SSSR count). The van der Waals surface area contributed by atoms with Gasteiger partial charge in [-0.05, 0) is 191 Å². The van der Waals surface area contributed by atoms with E-state index in [0.717, 1.165) is 68.3 Å². The van der Waals surface area contributed by atoms with Gasteiger partial charge in [-0.25, -0.2) is 31.4 Å². The highest BCUT2D eigenvalue weighted by Crippen LogP contribution is 2.59. The standard InChI is InChI=1S/C40H49N5O8S.C29H39N3O6S.C12H13ClN2O2.CH4/c1-25(2)45-31-18-12-16-29(36(48)49)34(31)42-38(45)53-28-21-32-33(46)23-40(37(50)43-54(51,52)39(3)19-20-39)22-26(40)13-8-5-4-6-11-17-30(35(47)44(32)24-28)41-27-14-9-7-10-15-27;1-28(14-15-28)39(37,38)31-27(36)29-17-20(29)10-6-3-2-4-9-13-23(30-21-11-7-5-8-12-21)26(35)32-19-22(33)16-24(32)25(34)18-29;1-7(2)15-9-6-4-5-8(11(16)17-3)10(9)14-12(15)13;/h7-10,12-16,18,25-26,28,30,32,41H,4-6,11,17,19-24H2,1-3H3,(H,43,50)(H,48,49);5-8,10-12,20,22-24,30,33H,2-4,9,13-19H2,1H3,(H,31,36);4-7H,1-3H3;1H4/b13-8-;10-6-;;/t26-,28-,30+,32+,40-;20-,22-,23+,24+,29-;;/m11../s1. The first-order chi connectivity index (χ1) is 52.3. The Hall–Kier alpha value is -8.99. The van der Waals surface area contributed by atoms with Crippen molar-refractivity contribution in [2.75, 3.05) is 30.8 Å². The van der Waals surface area contributed by atoms with Crippen LogP contribution in [0.2, 0.25) is 5.28 Å². The molecule has 0 radical (unpaired) electrons. The van der Waals surface area contributed by atoms with E-state index in [1.165, 1.54) is 18.1 Å². The molecule has 10 atom stereocenters. The number of nitrogens with zero attached hydrogens (tertiary/aromatic N) is 6. The van der Waals surface area contributed by atoms with Crippen LogP contribution in [0.5, 0.6) is 6.01 Å². The summed E-state index contributed by atoms with van der Waals surface area (Å²) in [4.78, 5) is 120. The fraction of sp³-hybridized carbons (Fsp3) is 0.537. The van der Waals surface area contributed by atoms with E-state index < -0.39 is 100 Å². The van der Waals surface area contributed by atoms with Gasteiger partial charge in [0, 0.05) is 55.7 Å². The second-order valence-corrected chi connectivity index (χ2v) is 36.7. The normalized spacial score (nSPS) is 27.0. The quantitative estimate of drug-likeness (QED) is 0.0387. The van der Waals surface area contributed by atoms with Crippen LogP contribution < -0.4 is 24.8 Å². The third-order valence-electron chi connectivity index (χ3n) is 23.3. The molecule has 4 aromatic carbocycles. The summed E-state index contributed by atoms with van der Waals surface area (Å²) >= 11 is 6.08. The van der Waals surface area contributed by atoms with Gasteiger partial charge in [0.15, 0.2) is 11.6 Å². The van der Waals surface area contributed by atoms with Crippen LogP contribution in [0.25, 0.3) is 22.1 Å². The van der Waals surface area contributed by atoms with Crippen molar-refractivity contribution in [2.45, 2.75) is 235 Å². The number of aromatic nitrogens is 4. The maximum atomic E-state index is 14.7. The zero-order valence-corrected chi connectivity index (χ0v) is 65.8. The largest absolute Gasteiger partial charge is 0.478 e.